The fraction of sp³-hybridized carbons (Fsp3) is 0.579. The summed E-state index contributed by atoms with van der Waals surface area (Å²) in [6.07, 6.45) is 2.30. The number of hydrogen-bond acceptors (Lipinski definition) is 3. The van der Waals surface area contributed by atoms with Crippen molar-refractivity contribution in [2.75, 3.05) is 13.6 Å². The lowest BCUT2D eigenvalue weighted by molar-refractivity contribution is -0.139. The molecular weight excluding hydrogens is 304 g/mol. The fourth-order valence-corrected chi connectivity index (χ4v) is 2.90. The number of rotatable bonds is 6. The van der Waals surface area contributed by atoms with Gasteiger partial charge in [0.05, 0.1) is 0 Å². The highest BCUT2D eigenvalue weighted by molar-refractivity contribution is 5.96. The molecule has 1 heterocycles. The molecule has 1 aromatic carbocycles. The van der Waals surface area contributed by atoms with Gasteiger partial charge in [-0.3, -0.25) is 9.59 Å². The number of benzene rings is 1. The van der Waals surface area contributed by atoms with Gasteiger partial charge in [-0.1, -0.05) is 32.9 Å². The lowest BCUT2D eigenvalue weighted by Gasteiger charge is -2.25. The lowest BCUT2D eigenvalue weighted by Crippen LogP contribution is -2.37. The van der Waals surface area contributed by atoms with Crippen LogP contribution in [-0.4, -0.2) is 41.5 Å². The smallest absolute Gasteiger partial charge is 0.320 e. The summed E-state index contributed by atoms with van der Waals surface area (Å²) >= 11 is 0. The molecule has 0 radical (unpaired) electrons. The van der Waals surface area contributed by atoms with Crippen molar-refractivity contribution in [3.8, 4) is 0 Å². The Hall–Kier alpha value is -1.88. The molecule has 1 aliphatic rings. The molecule has 0 unspecified atom stereocenters. The Kier molecular flexibility index (Phi) is 5.65. The van der Waals surface area contributed by atoms with Gasteiger partial charge in [0.1, 0.15) is 6.04 Å². The summed E-state index contributed by atoms with van der Waals surface area (Å²) in [5, 5.41) is 12.5. The van der Waals surface area contributed by atoms with Crippen LogP contribution in [0.4, 0.5) is 0 Å². The number of carboxylic acid groups (broad SMARTS) is 1. The predicted molar refractivity (Wildman–Crippen MR) is 94.1 cm³/mol. The number of hydrogen-bond donors (Lipinski definition) is 2. The molecule has 5 heteroatoms. The van der Waals surface area contributed by atoms with Crippen LogP contribution in [0.5, 0.6) is 0 Å². The summed E-state index contributed by atoms with van der Waals surface area (Å²) in [5.41, 5.74) is 2.95. The highest BCUT2D eigenvalue weighted by Gasteiger charge is 2.23. The third-order valence-corrected chi connectivity index (χ3v) is 4.50. The number of carbonyl (C=O) groups excluding carboxylic acids is 1. The first-order chi connectivity index (χ1) is 11.2. The Bertz CT molecular complexity index is 620. The zero-order chi connectivity index (χ0) is 17.9. The van der Waals surface area contributed by atoms with E-state index in [-0.39, 0.29) is 11.3 Å². The van der Waals surface area contributed by atoms with E-state index in [1.165, 1.54) is 0 Å². The van der Waals surface area contributed by atoms with E-state index in [0.717, 1.165) is 36.1 Å². The number of aliphatic carboxylic acids is 1. The van der Waals surface area contributed by atoms with Crippen LogP contribution in [0.1, 0.15) is 55.1 Å². The van der Waals surface area contributed by atoms with E-state index < -0.39 is 12.0 Å². The van der Waals surface area contributed by atoms with E-state index in [9.17, 15) is 14.7 Å². The van der Waals surface area contributed by atoms with Crippen molar-refractivity contribution in [3.63, 3.8) is 0 Å². The molecule has 0 spiro atoms. The van der Waals surface area contributed by atoms with Crippen molar-refractivity contribution in [1.29, 1.82) is 0 Å². The van der Waals surface area contributed by atoms with Crippen LogP contribution in [0.25, 0.3) is 0 Å². The minimum atomic E-state index is -0.811. The molecule has 132 valence electrons. The van der Waals surface area contributed by atoms with Gasteiger partial charge in [-0.25, -0.2) is 0 Å². The molecule has 0 aliphatic carbocycles. The first-order valence-electron chi connectivity index (χ1n) is 8.51. The Morgan fingerprint density at radius 3 is 2.71 bits per heavy atom. The SMILES string of the molecule is CN1CCc2cc(CN[C@@H](CCC(C)(C)C)C(=O)O)ccc2C1=O. The second-order valence-corrected chi connectivity index (χ2v) is 7.84. The molecule has 2 rings (SSSR count). The first kappa shape index (κ1) is 18.5. The number of likely N-dealkylation sites (N-methyl/N-ethyl adjacent to an activating group) is 1. The molecule has 1 aromatic rings. The number of carbonyl (C=O) groups is 2. The van der Waals surface area contributed by atoms with Crippen LogP contribution in [0, 0.1) is 5.41 Å². The average Bonchev–Trinajstić information content (AvgIpc) is 2.49. The fourth-order valence-electron chi connectivity index (χ4n) is 2.90. The molecule has 0 bridgehead atoms. The van der Waals surface area contributed by atoms with Crippen LogP contribution in [0.3, 0.4) is 0 Å². The van der Waals surface area contributed by atoms with Gasteiger partial charge in [-0.05, 0) is 41.9 Å². The topological polar surface area (TPSA) is 69.6 Å². The second kappa shape index (κ2) is 7.34. The van der Waals surface area contributed by atoms with Crippen molar-refractivity contribution in [2.45, 2.75) is 52.6 Å². The molecule has 2 N–H and O–H groups in total. The van der Waals surface area contributed by atoms with Crippen LogP contribution >= 0.6 is 0 Å². The van der Waals surface area contributed by atoms with Crippen LogP contribution in [0.2, 0.25) is 0 Å². The number of nitrogens with one attached hydrogen (secondary N) is 1. The summed E-state index contributed by atoms with van der Waals surface area (Å²) in [5.74, 6) is -0.752. The predicted octanol–water partition coefficient (Wildman–Crippen LogP) is 2.68. The third kappa shape index (κ3) is 4.81. The standard InChI is InChI=1S/C19H28N2O3/c1-19(2,3)9-7-16(18(23)24)20-12-13-5-6-15-14(11-13)8-10-21(4)17(15)22/h5-6,11,16,20H,7-10,12H2,1-4H3,(H,23,24)/t16-/m0/s1. The molecule has 24 heavy (non-hydrogen) atoms. The van der Waals surface area contributed by atoms with Gasteiger partial charge in [0.25, 0.3) is 5.91 Å². The molecule has 5 nitrogen and oxygen atoms in total. The van der Waals surface area contributed by atoms with Crippen molar-refractivity contribution in [3.05, 3.63) is 34.9 Å². The van der Waals surface area contributed by atoms with Crippen LogP contribution < -0.4 is 5.32 Å². The minimum absolute atomic E-state index is 0.0596. The van der Waals surface area contributed by atoms with Gasteiger partial charge in [0.15, 0.2) is 0 Å². The molecule has 0 aromatic heterocycles. The minimum Gasteiger partial charge on any atom is -0.480 e. The number of fused-ring (bicyclic) bond motifs is 1. The molecular formula is C19H28N2O3. The number of carboxylic acids is 1. The maximum absolute atomic E-state index is 12.1. The number of amides is 1. The van der Waals surface area contributed by atoms with Gasteiger partial charge in [0, 0.05) is 25.7 Å². The van der Waals surface area contributed by atoms with Crippen molar-refractivity contribution >= 4 is 11.9 Å². The van der Waals surface area contributed by atoms with E-state index in [2.05, 4.69) is 26.1 Å². The Morgan fingerprint density at radius 1 is 1.38 bits per heavy atom. The van der Waals surface area contributed by atoms with E-state index >= 15 is 0 Å². The Morgan fingerprint density at radius 2 is 2.08 bits per heavy atom. The van der Waals surface area contributed by atoms with E-state index in [0.29, 0.717) is 13.0 Å². The second-order valence-electron chi connectivity index (χ2n) is 7.84. The molecule has 0 fully saturated rings. The van der Waals surface area contributed by atoms with E-state index in [4.69, 9.17) is 0 Å². The molecule has 0 saturated heterocycles. The summed E-state index contributed by atoms with van der Waals surface area (Å²) in [4.78, 5) is 25.3. The van der Waals surface area contributed by atoms with Crippen molar-refractivity contribution in [2.24, 2.45) is 5.41 Å². The van der Waals surface area contributed by atoms with Gasteiger partial charge >= 0.3 is 5.97 Å². The molecule has 1 aliphatic heterocycles. The van der Waals surface area contributed by atoms with Gasteiger partial charge in [-0.15, -0.1) is 0 Å². The Balaban J connectivity index is 2.00. The van der Waals surface area contributed by atoms with Crippen LogP contribution in [0.15, 0.2) is 18.2 Å². The van der Waals surface area contributed by atoms with Crippen LogP contribution in [-0.2, 0) is 17.8 Å². The maximum Gasteiger partial charge on any atom is 0.320 e. The van der Waals surface area contributed by atoms with Gasteiger partial charge < -0.3 is 15.3 Å². The first-order valence-corrected chi connectivity index (χ1v) is 8.51. The summed E-state index contributed by atoms with van der Waals surface area (Å²) in [6.45, 7) is 7.57. The van der Waals surface area contributed by atoms with Gasteiger partial charge in [-0.2, -0.15) is 0 Å². The molecule has 1 amide bonds. The van der Waals surface area contributed by atoms with Gasteiger partial charge in [0.2, 0.25) is 0 Å². The monoisotopic (exact) mass is 332 g/mol. The summed E-state index contributed by atoms with van der Waals surface area (Å²) in [7, 11) is 1.81. The maximum atomic E-state index is 12.1. The van der Waals surface area contributed by atoms with E-state index in [1.807, 2.05) is 25.2 Å². The molecule has 1 atom stereocenters. The average molecular weight is 332 g/mol. The summed E-state index contributed by atoms with van der Waals surface area (Å²) < 4.78 is 0. The zero-order valence-corrected chi connectivity index (χ0v) is 15.1. The van der Waals surface area contributed by atoms with Crippen molar-refractivity contribution < 1.29 is 14.7 Å². The number of nitrogens with zero attached hydrogens (tertiary/aromatic N) is 1. The van der Waals surface area contributed by atoms with E-state index in [1.54, 1.807) is 4.90 Å². The highest BCUT2D eigenvalue weighted by Crippen LogP contribution is 2.22. The molecule has 0 saturated carbocycles. The normalized spacial score (nSPS) is 16.0. The Labute approximate surface area is 144 Å². The largest absolute Gasteiger partial charge is 0.480 e. The highest BCUT2D eigenvalue weighted by atomic mass is 16.4. The van der Waals surface area contributed by atoms with Crippen molar-refractivity contribution in [1.82, 2.24) is 10.2 Å². The summed E-state index contributed by atoms with van der Waals surface area (Å²) in [6, 6.07) is 5.24. The zero-order valence-electron chi connectivity index (χ0n) is 15.1. The quantitative estimate of drug-likeness (QED) is 0.840. The third-order valence-electron chi connectivity index (χ3n) is 4.50. The lowest BCUT2D eigenvalue weighted by atomic mass is 9.88.